The number of rotatable bonds is 14. The van der Waals surface area contributed by atoms with Gasteiger partial charge in [0, 0.05) is 15.5 Å². The van der Waals surface area contributed by atoms with Crippen LogP contribution in [0.2, 0.25) is 0 Å². The molecule has 53 heavy (non-hydrogen) atoms. The van der Waals surface area contributed by atoms with Crippen molar-refractivity contribution in [3.8, 4) is 17.2 Å². The Kier molecular flexibility index (Phi) is 10.8. The van der Waals surface area contributed by atoms with E-state index in [1.807, 2.05) is 66.7 Å². The van der Waals surface area contributed by atoms with E-state index in [1.165, 1.54) is 56.0 Å². The third-order valence-electron chi connectivity index (χ3n) is 9.22. The number of phenolic OH excluding ortho intramolecular Hbond substituents is 2. The summed E-state index contributed by atoms with van der Waals surface area (Å²) in [4.78, 5) is 29.6. The van der Waals surface area contributed by atoms with Crippen molar-refractivity contribution in [3.05, 3.63) is 138 Å². The molecule has 0 fully saturated rings. The maximum atomic E-state index is 14.1. The zero-order valence-electron chi connectivity index (χ0n) is 29.3. The van der Waals surface area contributed by atoms with Crippen LogP contribution in [0.25, 0.3) is 10.8 Å². The van der Waals surface area contributed by atoms with Crippen molar-refractivity contribution in [3.63, 3.8) is 0 Å². The van der Waals surface area contributed by atoms with Gasteiger partial charge >= 0.3 is 0 Å². The number of nitrogens with one attached hydrogen (secondary N) is 1. The number of carbonyl (C=O) groups excluding carboxylic acids is 2. The van der Waals surface area contributed by atoms with E-state index in [-0.39, 0.29) is 33.8 Å². The average molecular weight is 722 g/mol. The number of hydrogen-bond acceptors (Lipinski definition) is 9. The van der Waals surface area contributed by atoms with E-state index in [0.29, 0.717) is 34.3 Å². The number of ketones is 2. The maximum Gasteiger partial charge on any atom is 0.200 e. The van der Waals surface area contributed by atoms with Gasteiger partial charge in [-0.25, -0.2) is 0 Å². The quantitative estimate of drug-likeness (QED) is 0.0580. The fourth-order valence-electron chi connectivity index (χ4n) is 6.45. The Morgan fingerprint density at radius 1 is 0.623 bits per heavy atom. The van der Waals surface area contributed by atoms with Crippen molar-refractivity contribution >= 4 is 56.9 Å². The van der Waals surface area contributed by atoms with E-state index in [4.69, 9.17) is 4.74 Å². The van der Waals surface area contributed by atoms with Crippen molar-refractivity contribution < 1.29 is 24.5 Å². The largest absolute Gasteiger partial charge is 0.507 e. The number of fused-ring (bicyclic) bond motifs is 3. The number of unbranched alkanes of at least 4 members (excludes halogenated alkanes) is 5. The number of azo groups is 1. The Morgan fingerprint density at radius 2 is 1.25 bits per heavy atom. The summed E-state index contributed by atoms with van der Waals surface area (Å²) < 4.78 is 5.86. The topological polar surface area (TPSA) is 121 Å². The SMILES string of the molecule is CCCCCCCCOc1ccc(N=Nc2ccc(Nc3ccc(O)c4c3C(=O)c3c(O)ccc(Sc5ccc6ccccc6c5)c3C4=O)cc2)cc1. The second kappa shape index (κ2) is 16.2. The lowest BCUT2D eigenvalue weighted by molar-refractivity contribution is 0.0972. The number of benzene rings is 6. The van der Waals surface area contributed by atoms with Crippen molar-refractivity contribution in [1.29, 1.82) is 0 Å². The first-order valence-electron chi connectivity index (χ1n) is 17.9. The van der Waals surface area contributed by atoms with E-state index < -0.39 is 11.6 Å². The van der Waals surface area contributed by atoms with Crippen LogP contribution < -0.4 is 10.1 Å². The van der Waals surface area contributed by atoms with Crippen LogP contribution in [0, 0.1) is 0 Å². The van der Waals surface area contributed by atoms with Gasteiger partial charge in [-0.15, -0.1) is 0 Å². The number of phenols is 2. The lowest BCUT2D eigenvalue weighted by Gasteiger charge is -2.24. The van der Waals surface area contributed by atoms with Gasteiger partial charge in [0.2, 0.25) is 5.78 Å². The number of nitrogens with zero attached hydrogens (tertiary/aromatic N) is 2. The van der Waals surface area contributed by atoms with E-state index in [2.05, 4.69) is 22.5 Å². The lowest BCUT2D eigenvalue weighted by Crippen LogP contribution is -2.23. The standard InChI is InChI=1S/C44H39N3O5S/c1-2-3-4-5-6-9-26-52-33-19-17-32(18-20-33)47-46-31-15-13-30(14-16-31)45-35-22-23-36(48)40-39(35)43(50)41-37(49)24-25-38(42(41)44(40)51)53-34-21-12-28-10-7-8-11-29(28)27-34/h7-8,10-25,27,45,48-49H,2-6,9,26H2,1H3. The van der Waals surface area contributed by atoms with Gasteiger partial charge in [0.05, 0.1) is 45.9 Å². The second-order valence-electron chi connectivity index (χ2n) is 13.0. The van der Waals surface area contributed by atoms with E-state index >= 15 is 0 Å². The van der Waals surface area contributed by atoms with Crippen molar-refractivity contribution in [2.75, 3.05) is 11.9 Å². The maximum absolute atomic E-state index is 14.1. The molecule has 1 aliphatic rings. The van der Waals surface area contributed by atoms with E-state index in [9.17, 15) is 19.8 Å². The van der Waals surface area contributed by atoms with Crippen LogP contribution in [0.5, 0.6) is 17.2 Å². The van der Waals surface area contributed by atoms with Gasteiger partial charge in [-0.3, -0.25) is 9.59 Å². The molecule has 0 radical (unpaired) electrons. The molecule has 0 saturated carbocycles. The van der Waals surface area contributed by atoms with Crippen LogP contribution in [-0.2, 0) is 0 Å². The summed E-state index contributed by atoms with van der Waals surface area (Å²) in [5.74, 6) is -0.902. The van der Waals surface area contributed by atoms with Gasteiger partial charge < -0.3 is 20.3 Å². The predicted molar refractivity (Wildman–Crippen MR) is 210 cm³/mol. The minimum atomic E-state index is -0.560. The highest BCUT2D eigenvalue weighted by atomic mass is 32.2. The first-order valence-corrected chi connectivity index (χ1v) is 18.7. The normalized spacial score (nSPS) is 12.2. The van der Waals surface area contributed by atoms with Crippen LogP contribution in [0.1, 0.15) is 77.3 Å². The molecule has 0 unspecified atom stereocenters. The lowest BCUT2D eigenvalue weighted by atomic mass is 9.82. The van der Waals surface area contributed by atoms with Crippen LogP contribution >= 0.6 is 11.8 Å². The molecule has 0 bridgehead atoms. The molecule has 0 spiro atoms. The first kappa shape index (κ1) is 35.5. The molecular formula is C44H39N3O5S. The van der Waals surface area contributed by atoms with Crippen LogP contribution in [0.4, 0.5) is 22.7 Å². The third kappa shape index (κ3) is 7.95. The monoisotopic (exact) mass is 721 g/mol. The van der Waals surface area contributed by atoms with Gasteiger partial charge in [-0.05, 0) is 102 Å². The van der Waals surface area contributed by atoms with Gasteiger partial charge in [-0.1, -0.05) is 81.1 Å². The Balaban J connectivity index is 1.05. The molecule has 266 valence electrons. The van der Waals surface area contributed by atoms with E-state index in [1.54, 1.807) is 36.4 Å². The minimum absolute atomic E-state index is 0.00572. The summed E-state index contributed by atoms with van der Waals surface area (Å²) in [6.45, 7) is 2.92. The molecule has 0 heterocycles. The summed E-state index contributed by atoms with van der Waals surface area (Å²) in [5, 5.41) is 35.9. The molecule has 0 amide bonds. The molecular weight excluding hydrogens is 683 g/mol. The number of carbonyl (C=O) groups is 2. The Labute approximate surface area is 312 Å². The highest BCUT2D eigenvalue weighted by Gasteiger charge is 2.38. The zero-order chi connectivity index (χ0) is 36.7. The van der Waals surface area contributed by atoms with Gasteiger partial charge in [-0.2, -0.15) is 10.2 Å². The second-order valence-corrected chi connectivity index (χ2v) is 14.1. The summed E-state index contributed by atoms with van der Waals surface area (Å²) in [6.07, 6.45) is 7.31. The fourth-order valence-corrected chi connectivity index (χ4v) is 7.45. The molecule has 3 N–H and O–H groups in total. The van der Waals surface area contributed by atoms with E-state index in [0.717, 1.165) is 27.8 Å². The minimum Gasteiger partial charge on any atom is -0.507 e. The Bertz CT molecular complexity index is 2320. The smallest absolute Gasteiger partial charge is 0.200 e. The van der Waals surface area contributed by atoms with Crippen molar-refractivity contribution in [1.82, 2.24) is 0 Å². The molecule has 7 rings (SSSR count). The van der Waals surface area contributed by atoms with Gasteiger partial charge in [0.25, 0.3) is 0 Å². The van der Waals surface area contributed by atoms with Gasteiger partial charge in [0.15, 0.2) is 5.78 Å². The summed E-state index contributed by atoms with van der Waals surface area (Å²) >= 11 is 1.33. The number of hydrogen-bond donors (Lipinski definition) is 3. The van der Waals surface area contributed by atoms with Crippen LogP contribution in [0.15, 0.2) is 135 Å². The number of aromatic hydroxyl groups is 2. The molecule has 0 aliphatic heterocycles. The number of ether oxygens (including phenoxy) is 1. The van der Waals surface area contributed by atoms with Crippen molar-refractivity contribution in [2.45, 2.75) is 55.2 Å². The average Bonchev–Trinajstić information content (AvgIpc) is 3.18. The molecule has 8 nitrogen and oxygen atoms in total. The fraction of sp³-hybridized carbons (Fsp3) is 0.182. The highest BCUT2D eigenvalue weighted by molar-refractivity contribution is 7.99. The summed E-state index contributed by atoms with van der Waals surface area (Å²) in [5.41, 5.74) is 2.12. The summed E-state index contributed by atoms with van der Waals surface area (Å²) in [6, 6.07) is 34.6. The molecule has 9 heteroatoms. The summed E-state index contributed by atoms with van der Waals surface area (Å²) in [7, 11) is 0. The van der Waals surface area contributed by atoms with Crippen LogP contribution in [0.3, 0.4) is 0 Å². The predicted octanol–water partition coefficient (Wildman–Crippen LogP) is 12.1. The Morgan fingerprint density at radius 3 is 1.98 bits per heavy atom. The Hall–Kier alpha value is -5.93. The molecule has 0 saturated heterocycles. The molecule has 0 aromatic heterocycles. The highest BCUT2D eigenvalue weighted by Crippen LogP contribution is 2.45. The molecule has 6 aromatic rings. The molecule has 1 aliphatic carbocycles. The van der Waals surface area contributed by atoms with Gasteiger partial charge in [0.1, 0.15) is 17.2 Å². The molecule has 0 atom stereocenters. The number of anilines is 2. The third-order valence-corrected chi connectivity index (χ3v) is 10.3. The molecule has 6 aromatic carbocycles. The first-order chi connectivity index (χ1) is 25.9. The van der Waals surface area contributed by atoms with Crippen LogP contribution in [-0.4, -0.2) is 28.4 Å². The van der Waals surface area contributed by atoms with Crippen molar-refractivity contribution in [2.24, 2.45) is 10.2 Å². The zero-order valence-corrected chi connectivity index (χ0v) is 30.2.